The van der Waals surface area contributed by atoms with Gasteiger partial charge in [-0.1, -0.05) is 0 Å². The molecule has 5 heterocycles. The number of anilines is 8. The molecule has 10 aromatic carbocycles. The van der Waals surface area contributed by atoms with Gasteiger partial charge in [-0.15, -0.1) is 0 Å². The van der Waals surface area contributed by atoms with E-state index in [2.05, 4.69) is 243 Å². The van der Waals surface area contributed by atoms with Gasteiger partial charge in [-0.05, 0) is 0 Å². The van der Waals surface area contributed by atoms with Gasteiger partial charge in [0.2, 0.25) is 0 Å². The van der Waals surface area contributed by atoms with Crippen LogP contribution in [0.3, 0.4) is 0 Å². The fourth-order valence-electron chi connectivity index (χ4n) is 13.8. The summed E-state index contributed by atoms with van der Waals surface area (Å²) in [6, 6.07) is 77.5. The van der Waals surface area contributed by atoms with Gasteiger partial charge in [-0.3, -0.25) is 0 Å². The Labute approximate surface area is 451 Å². The molecule has 0 atom stereocenters. The molecule has 0 saturated carbocycles. The summed E-state index contributed by atoms with van der Waals surface area (Å²) in [6.45, 7) is 14.2. The summed E-state index contributed by atoms with van der Waals surface area (Å²) in [5.41, 5.74) is 30.8. The van der Waals surface area contributed by atoms with Crippen LogP contribution in [-0.2, 0) is 28.5 Å². The fraction of sp³-hybridized carbons (Fsp3) is 0.114. The molecule has 10 aromatic rings. The maximum absolute atomic E-state index is 6.83. The molecular formula is C70H48N4OPt-2. The summed E-state index contributed by atoms with van der Waals surface area (Å²) in [5.74, 6) is 1.28. The number of nitrogens with zero attached hydrogens (tertiary/aromatic N) is 4. The number of hydrogen-bond acceptors (Lipinski definition) is 5. The Hall–Kier alpha value is -8.37. The number of para-hydroxylation sites is 4. The van der Waals surface area contributed by atoms with Crippen molar-refractivity contribution < 1.29 is 22.4 Å². The Morgan fingerprint density at radius 3 is 1.03 bits per heavy atom. The molecule has 0 unspecified atom stereocenters. The van der Waals surface area contributed by atoms with Crippen LogP contribution in [0.1, 0.15) is 61.1 Å². The van der Waals surface area contributed by atoms with Crippen molar-refractivity contribution in [1.29, 1.82) is 0 Å². The van der Waals surface area contributed by atoms with E-state index in [0.29, 0.717) is 11.5 Å². The van der Waals surface area contributed by atoms with Gasteiger partial charge in [-0.25, -0.2) is 0 Å². The van der Waals surface area contributed by atoms with Crippen molar-refractivity contribution in [3.8, 4) is 78.3 Å². The van der Waals surface area contributed by atoms with Crippen molar-refractivity contribution >= 4 is 53.8 Å². The SMILES string of the molecule is Cc1cc2c3c(c1)-c1ccc4c(c1)-c1cc(ccc1C4(C)C)-c1cc(C)cc(c1N1[C]4=[Pt]=[C]5N(c6[c-]c(ccc6)Oc6[c-]c(ccc6)N4c4ccccc41)c1ccccc1N53)-c1ccc3c(c1)-c1cc-2ccc1C3(C)C. The number of hydrogen-bond donors (Lipinski definition) is 0. The molecule has 7 aliphatic rings. The van der Waals surface area contributed by atoms with Crippen LogP contribution in [0.2, 0.25) is 0 Å². The molecule has 17 rings (SSSR count). The van der Waals surface area contributed by atoms with Gasteiger partial charge < -0.3 is 0 Å². The summed E-state index contributed by atoms with van der Waals surface area (Å²) >= 11 is -1.24. The molecule has 0 radical (unpaired) electrons. The van der Waals surface area contributed by atoms with E-state index in [9.17, 15) is 0 Å². The van der Waals surface area contributed by atoms with Gasteiger partial charge in [0, 0.05) is 0 Å². The number of benzene rings is 10. The average molecular weight is 1160 g/mol. The Morgan fingerprint density at radius 2 is 0.684 bits per heavy atom. The summed E-state index contributed by atoms with van der Waals surface area (Å²) < 4.78 is 9.20. The average Bonchev–Trinajstić information content (AvgIpc) is 4.15. The van der Waals surface area contributed by atoms with Gasteiger partial charge >= 0.3 is 454 Å². The second-order valence-corrected chi connectivity index (χ2v) is 25.1. The van der Waals surface area contributed by atoms with Crippen molar-refractivity contribution in [2.24, 2.45) is 0 Å². The summed E-state index contributed by atoms with van der Waals surface area (Å²) in [5, 5.41) is 0. The molecule has 0 amide bonds. The van der Waals surface area contributed by atoms with Crippen LogP contribution in [-0.4, -0.2) is 8.29 Å². The topological polar surface area (TPSA) is 22.2 Å². The maximum atomic E-state index is 6.83. The molecule has 0 aromatic heterocycles. The molecule has 0 spiro atoms. The number of aryl methyl sites for hydroxylation is 2. The van der Waals surface area contributed by atoms with Crippen molar-refractivity contribution in [2.75, 3.05) is 19.6 Å². The zero-order chi connectivity index (χ0) is 50.7. The van der Waals surface area contributed by atoms with E-state index in [4.69, 9.17) is 4.74 Å². The molecule has 0 N–H and O–H groups in total. The predicted octanol–water partition coefficient (Wildman–Crippen LogP) is 17.5. The van der Waals surface area contributed by atoms with Crippen molar-refractivity contribution in [3.63, 3.8) is 0 Å². The molecular weight excluding hydrogens is 1110 g/mol. The van der Waals surface area contributed by atoms with E-state index < -0.39 is 17.6 Å². The minimum atomic E-state index is -1.24. The molecule has 76 heavy (non-hydrogen) atoms. The standard InChI is InChI=1S/C70H48N4O.Pt/c1-41-29-51-43-21-25-59-55(33-43)57-35-45(23-27-61(57)69(59,3)4)53-31-42(2)32-54-46-24-28-62-58(36-46)56-34-44(22-26-60(56)70(62,5)6)52(30-41)67(51)73-39-71(63-17-7-9-19-65(63)73)47-13-11-15-49(37-47)75-50-16-12-14-48(38-50)72-40-74(68(53)54)66-20-10-8-18-64(66)72;/h7-36H,1-6H3;/q-2;. The Morgan fingerprint density at radius 1 is 0.355 bits per heavy atom. The third-order valence-corrected chi connectivity index (χ3v) is 20.4. The van der Waals surface area contributed by atoms with Crippen LogP contribution >= 0.6 is 0 Å². The van der Waals surface area contributed by atoms with E-state index in [1.165, 1.54) is 108 Å². The van der Waals surface area contributed by atoms with Gasteiger partial charge in [0.05, 0.1) is 0 Å². The van der Waals surface area contributed by atoms with E-state index in [-0.39, 0.29) is 10.8 Å². The molecule has 5 nitrogen and oxygen atoms in total. The minimum absolute atomic E-state index is 0.204. The third kappa shape index (κ3) is 5.58. The van der Waals surface area contributed by atoms with Crippen LogP contribution in [0.25, 0.3) is 66.8 Å². The van der Waals surface area contributed by atoms with Crippen LogP contribution in [0.5, 0.6) is 11.5 Å². The second-order valence-electron chi connectivity index (χ2n) is 22.5. The molecule has 5 aliphatic heterocycles. The van der Waals surface area contributed by atoms with E-state index in [0.717, 1.165) is 45.5 Å². The first-order valence-electron chi connectivity index (χ1n) is 26.3. The van der Waals surface area contributed by atoms with Crippen molar-refractivity contribution in [2.45, 2.75) is 52.4 Å². The van der Waals surface area contributed by atoms with Crippen molar-refractivity contribution in [3.05, 3.63) is 228 Å². The molecule has 6 heteroatoms. The zero-order valence-electron chi connectivity index (χ0n) is 42.8. The summed E-state index contributed by atoms with van der Waals surface area (Å²) in [4.78, 5) is 10.3. The third-order valence-electron chi connectivity index (χ3n) is 17.3. The normalized spacial score (nSPS) is 16.2. The second kappa shape index (κ2) is 14.7. The monoisotopic (exact) mass is 1160 g/mol. The van der Waals surface area contributed by atoms with Gasteiger partial charge in [0.25, 0.3) is 0 Å². The molecule has 0 saturated heterocycles. The Kier molecular flexibility index (Phi) is 8.31. The Balaban J connectivity index is 1.16. The van der Waals surface area contributed by atoms with Crippen LogP contribution in [0.4, 0.5) is 45.5 Å². The quantitative estimate of drug-likeness (QED) is 0.141. The van der Waals surface area contributed by atoms with Crippen LogP contribution in [0, 0.1) is 26.0 Å². The predicted molar refractivity (Wildman–Crippen MR) is 308 cm³/mol. The van der Waals surface area contributed by atoms with E-state index >= 15 is 0 Å². The van der Waals surface area contributed by atoms with Gasteiger partial charge in [-0.2, -0.15) is 0 Å². The zero-order valence-corrected chi connectivity index (χ0v) is 45.1. The fourth-order valence-corrected chi connectivity index (χ4v) is 17.4. The first-order chi connectivity index (χ1) is 37.0. The Bertz CT molecular complexity index is 4010. The molecule has 0 fully saturated rings. The first kappa shape index (κ1) is 42.9. The molecule has 16 bridgehead atoms. The van der Waals surface area contributed by atoms with E-state index in [1.54, 1.807) is 0 Å². The number of fused-ring (bicyclic) bond motifs is 18. The summed E-state index contributed by atoms with van der Waals surface area (Å²) in [7, 11) is 0. The first-order valence-corrected chi connectivity index (χ1v) is 28.6. The summed E-state index contributed by atoms with van der Waals surface area (Å²) in [6.07, 6.45) is 0. The van der Waals surface area contributed by atoms with Crippen molar-refractivity contribution in [1.82, 2.24) is 0 Å². The number of ether oxygens (including phenoxy) is 1. The van der Waals surface area contributed by atoms with Crippen LogP contribution < -0.4 is 24.3 Å². The van der Waals surface area contributed by atoms with Gasteiger partial charge in [0.15, 0.2) is 0 Å². The van der Waals surface area contributed by atoms with Gasteiger partial charge in [0.1, 0.15) is 0 Å². The van der Waals surface area contributed by atoms with E-state index in [1.807, 2.05) is 12.1 Å². The molecule has 2 aliphatic carbocycles. The number of rotatable bonds is 0. The molecule has 366 valence electrons. The van der Waals surface area contributed by atoms with Crippen LogP contribution in [0.15, 0.2) is 182 Å².